The number of benzene rings is 8. The number of fused-ring (bicyclic) bond motifs is 3. The van der Waals surface area contributed by atoms with E-state index >= 15 is 0 Å². The van der Waals surface area contributed by atoms with Crippen molar-refractivity contribution in [3.8, 4) is 17.1 Å². The lowest BCUT2D eigenvalue weighted by Gasteiger charge is -2.36. The van der Waals surface area contributed by atoms with Gasteiger partial charge in [0.2, 0.25) is 17.7 Å². The predicted molar refractivity (Wildman–Crippen MR) is 564 cm³/mol. The number of hydrogen-bond donors (Lipinski definition) is 6. The molecule has 8 aromatic carbocycles. The molecule has 760 valence electrons. The smallest absolute Gasteiger partial charge is 0.274 e. The molecule has 27 nitrogen and oxygen atoms in total. The van der Waals surface area contributed by atoms with Gasteiger partial charge in [-0.25, -0.2) is 14.0 Å². The Labute approximate surface area is 848 Å². The number of carbonyl (C=O) groups is 9. The van der Waals surface area contributed by atoms with Gasteiger partial charge in [-0.05, 0) is 234 Å². The third-order valence-electron chi connectivity index (χ3n) is 28.9. The molecule has 1 unspecified atom stereocenters. The molecule has 144 heavy (non-hydrogen) atoms. The largest absolute Gasteiger partial charge is 0.394 e. The van der Waals surface area contributed by atoms with Gasteiger partial charge >= 0.3 is 0 Å². The van der Waals surface area contributed by atoms with E-state index in [0.717, 1.165) is 153 Å². The molecule has 6 N–H and O–H groups in total. The van der Waals surface area contributed by atoms with E-state index in [2.05, 4.69) is 57.5 Å². The molecule has 16 rings (SSSR count). The second-order valence-electron chi connectivity index (χ2n) is 39.4. The number of aliphatic hydroxyl groups is 3. The van der Waals surface area contributed by atoms with Crippen molar-refractivity contribution in [3.63, 3.8) is 0 Å². The molecule has 0 spiro atoms. The first-order valence-corrected chi connectivity index (χ1v) is 52.4. The normalized spacial score (nSPS) is 15.8. The Kier molecular flexibility index (Phi) is 37.4. The highest BCUT2D eigenvalue weighted by molar-refractivity contribution is 6.06. The molecule has 0 saturated heterocycles. The maximum atomic E-state index is 14.6. The first-order chi connectivity index (χ1) is 69.9. The molecule has 11 aromatic rings. The van der Waals surface area contributed by atoms with Crippen molar-refractivity contribution in [1.29, 1.82) is 0 Å². The summed E-state index contributed by atoms with van der Waals surface area (Å²) in [7, 11) is 0. The zero-order valence-corrected chi connectivity index (χ0v) is 85.6. The van der Waals surface area contributed by atoms with Crippen LogP contribution in [0.5, 0.6) is 0 Å². The van der Waals surface area contributed by atoms with Crippen molar-refractivity contribution in [2.24, 2.45) is 5.92 Å². The molecule has 27 heteroatoms. The van der Waals surface area contributed by atoms with Crippen LogP contribution < -0.4 is 16.0 Å². The van der Waals surface area contributed by atoms with Crippen LogP contribution in [-0.4, -0.2) is 204 Å². The number of nitrogens with one attached hydrogen (secondary N) is 3. The summed E-state index contributed by atoms with van der Waals surface area (Å²) in [4.78, 5) is 136. The SMILES string of the molecule is CCCCN(CCCC)C(=O)c1cc(C)n(-c2ccc(NC(=O)C(C)c3ccccc3)cc2C(=O)N2Cc3ccccc3C[C@H]2CO)n1.CCCCN(CCCC)C(=O)c1cc(C)n(-c2ccc(NC(=O)C3(c4ccccc4)CC3)cc2C(=O)N2Cc3ccccc3C[C@H]2CO)n1.CCCCN(CCCC)C(=O)c1cc(C)n(-c2ccc(NC(=O)CC3CCCCC3)cc2C(=O)N2Cc3ccccc3C[C@H]2CO)n1. The van der Waals surface area contributed by atoms with Crippen LogP contribution in [0, 0.1) is 26.7 Å². The van der Waals surface area contributed by atoms with Crippen molar-refractivity contribution in [2.75, 3.05) is 75.0 Å². The summed E-state index contributed by atoms with van der Waals surface area (Å²) in [6.07, 6.45) is 20.7. The summed E-state index contributed by atoms with van der Waals surface area (Å²) in [5.74, 6) is -1.56. The third kappa shape index (κ3) is 25.6. The topological polar surface area (TPSA) is 323 Å². The average molecular weight is 1950 g/mol. The van der Waals surface area contributed by atoms with Gasteiger partial charge in [-0.3, -0.25) is 43.2 Å². The predicted octanol–water partition coefficient (Wildman–Crippen LogP) is 19.7. The minimum Gasteiger partial charge on any atom is -0.394 e. The van der Waals surface area contributed by atoms with Gasteiger partial charge in [0.15, 0.2) is 17.1 Å². The quantitative estimate of drug-likeness (QED) is 0.0209. The van der Waals surface area contributed by atoms with Crippen LogP contribution >= 0.6 is 0 Å². The van der Waals surface area contributed by atoms with Crippen LogP contribution in [0.2, 0.25) is 0 Å². The van der Waals surface area contributed by atoms with E-state index in [0.29, 0.717) is 170 Å². The summed E-state index contributed by atoms with van der Waals surface area (Å²) in [5, 5.41) is 54.6. The zero-order chi connectivity index (χ0) is 102. The van der Waals surface area contributed by atoms with Gasteiger partial charge in [-0.2, -0.15) is 15.3 Å². The summed E-state index contributed by atoms with van der Waals surface area (Å²) < 4.78 is 4.96. The van der Waals surface area contributed by atoms with Crippen molar-refractivity contribution >= 4 is 70.2 Å². The first kappa shape index (κ1) is 106. The highest BCUT2D eigenvalue weighted by atomic mass is 16.3. The van der Waals surface area contributed by atoms with Crippen molar-refractivity contribution in [2.45, 2.75) is 266 Å². The Morgan fingerprint density at radius 1 is 0.382 bits per heavy atom. The molecule has 2 fully saturated rings. The highest BCUT2D eigenvalue weighted by Gasteiger charge is 2.51. The second-order valence-corrected chi connectivity index (χ2v) is 39.4. The Bertz CT molecular complexity index is 6250. The van der Waals surface area contributed by atoms with E-state index in [-0.39, 0.29) is 73.0 Å². The number of carbonyl (C=O) groups excluding carboxylic acids is 9. The van der Waals surface area contributed by atoms with Crippen LogP contribution in [0.15, 0.2) is 206 Å². The standard InChI is InChI=1S/C40H47N5O4.C39H47N5O4.C38H51N5O4/c1-4-6-21-43(22-7-5-2)38(48)35-23-28(3)45(42-35)36-18-17-32(41-39(49)40(19-20-40)31-15-9-8-10-16-31)25-34(36)37(47)44-26-30-14-12-11-13-29(30)24-33(44)27-46;1-5-7-20-42(21-8-6-2)39(48)35-22-27(3)44(41-35)36-19-18-32(40-37(46)28(4)29-14-10-9-11-15-29)24-34(36)38(47)43-25-31-17-13-12-16-30(31)23-33(43)26-45;1-4-6-19-41(20-7-5-2)38(47)34-21-27(3)43(40-34)35-18-17-31(39-36(45)22-28-13-9-8-10-14-28)24-33(35)37(46)42-25-30-16-12-11-15-29(30)23-32(42)26-44/h8-18,23,25,33,46H,4-7,19-22,24,26-27H2,1-3H3,(H,41,49);9-19,22,24,28,33,45H,5-8,20-21,23,25-26H2,1-4H3,(H,40,46);11-12,15-18,21,24,28,32,44H,4-10,13-14,19-20,22-23,25-26H2,1-3H3,(H,39,45)/t33-;28?,33-;32-/m000/s1. The molecular formula is C117H145N15O12. The molecule has 3 aliphatic heterocycles. The number of hydrogen-bond acceptors (Lipinski definition) is 15. The average Bonchev–Trinajstić information content (AvgIpc) is 1.57. The van der Waals surface area contributed by atoms with Gasteiger partial charge in [-0.1, -0.05) is 233 Å². The minimum atomic E-state index is -0.585. The van der Waals surface area contributed by atoms with E-state index in [9.17, 15) is 58.5 Å². The Balaban J connectivity index is 0.000000171. The molecule has 2 saturated carbocycles. The summed E-state index contributed by atoms with van der Waals surface area (Å²) >= 11 is 0. The molecule has 9 amide bonds. The Hall–Kier alpha value is -13.5. The molecule has 6 heterocycles. The van der Waals surface area contributed by atoms with Gasteiger partial charge < -0.3 is 60.7 Å². The van der Waals surface area contributed by atoms with Crippen LogP contribution in [0.3, 0.4) is 0 Å². The molecule has 0 radical (unpaired) electrons. The number of rotatable bonds is 39. The fraction of sp³-hybridized carbons (Fsp3) is 0.436. The van der Waals surface area contributed by atoms with E-state index in [1.54, 1.807) is 102 Å². The number of aliphatic hydroxyl groups excluding tert-OH is 3. The lowest BCUT2D eigenvalue weighted by molar-refractivity contribution is -0.119. The van der Waals surface area contributed by atoms with Crippen molar-refractivity contribution in [3.05, 3.63) is 302 Å². The molecule has 3 aromatic heterocycles. The molecule has 4 atom stereocenters. The van der Waals surface area contributed by atoms with E-state index in [1.165, 1.54) is 19.3 Å². The van der Waals surface area contributed by atoms with Crippen LogP contribution in [0.1, 0.15) is 307 Å². The van der Waals surface area contributed by atoms with Crippen LogP contribution in [0.4, 0.5) is 17.1 Å². The van der Waals surface area contributed by atoms with Gasteiger partial charge in [0.1, 0.15) is 0 Å². The fourth-order valence-electron chi connectivity index (χ4n) is 20.1. The fourth-order valence-corrected chi connectivity index (χ4v) is 20.1. The van der Waals surface area contributed by atoms with Gasteiger partial charge in [0.25, 0.3) is 35.4 Å². The summed E-state index contributed by atoms with van der Waals surface area (Å²) in [5.41, 5.74) is 14.9. The Morgan fingerprint density at radius 3 is 1.02 bits per heavy atom. The maximum Gasteiger partial charge on any atom is 0.274 e. The lowest BCUT2D eigenvalue weighted by atomic mass is 9.87. The van der Waals surface area contributed by atoms with Gasteiger partial charge in [-0.15, -0.1) is 0 Å². The van der Waals surface area contributed by atoms with Gasteiger partial charge in [0.05, 0.1) is 83.0 Å². The van der Waals surface area contributed by atoms with E-state index in [4.69, 9.17) is 15.3 Å². The molecule has 5 aliphatic rings. The maximum absolute atomic E-state index is 14.6. The number of aromatic nitrogens is 6. The highest BCUT2D eigenvalue weighted by Crippen LogP contribution is 2.49. The lowest BCUT2D eigenvalue weighted by Crippen LogP contribution is -2.46. The number of aryl methyl sites for hydroxylation is 3. The first-order valence-electron chi connectivity index (χ1n) is 52.4. The number of amides is 9. The third-order valence-corrected chi connectivity index (χ3v) is 28.9. The van der Waals surface area contributed by atoms with Crippen molar-refractivity contribution in [1.82, 2.24) is 58.7 Å². The summed E-state index contributed by atoms with van der Waals surface area (Å²) in [6, 6.07) is 63.2. The molecular weight excluding hydrogens is 1810 g/mol. The minimum absolute atomic E-state index is 0.0504. The second kappa shape index (κ2) is 50.6. The van der Waals surface area contributed by atoms with Crippen molar-refractivity contribution < 1.29 is 58.5 Å². The van der Waals surface area contributed by atoms with Crippen LogP contribution in [-0.2, 0) is 58.7 Å². The number of nitrogens with zero attached hydrogens (tertiary/aromatic N) is 12. The van der Waals surface area contributed by atoms with E-state index in [1.807, 2.05) is 176 Å². The number of unbranched alkanes of at least 4 members (excludes halogenated alkanes) is 6. The zero-order valence-electron chi connectivity index (χ0n) is 85.6. The Morgan fingerprint density at radius 2 is 0.694 bits per heavy atom. The van der Waals surface area contributed by atoms with Crippen LogP contribution in [0.25, 0.3) is 17.1 Å². The molecule has 0 bridgehead atoms. The van der Waals surface area contributed by atoms with Gasteiger partial charge in [0, 0.05) is 99.5 Å². The monoisotopic (exact) mass is 1950 g/mol. The summed E-state index contributed by atoms with van der Waals surface area (Å²) in [6.45, 7) is 24.7. The van der Waals surface area contributed by atoms with E-state index < -0.39 is 29.5 Å². The molecule has 2 aliphatic carbocycles. The number of anilines is 3.